The van der Waals surface area contributed by atoms with Gasteiger partial charge in [0.15, 0.2) is 0 Å². The second-order valence-electron chi connectivity index (χ2n) is 7.04. The highest BCUT2D eigenvalue weighted by Gasteiger charge is 2.37. The molecule has 0 spiro atoms. The second-order valence-corrected chi connectivity index (χ2v) is 7.44. The summed E-state index contributed by atoms with van der Waals surface area (Å²) < 4.78 is 0. The summed E-state index contributed by atoms with van der Waals surface area (Å²) in [7, 11) is 0. The molecule has 1 aromatic carbocycles. The quantitative estimate of drug-likeness (QED) is 0.734. The predicted octanol–water partition coefficient (Wildman–Crippen LogP) is 3.72. The van der Waals surface area contributed by atoms with Crippen molar-refractivity contribution in [1.29, 1.82) is 0 Å². The average molecular weight is 382 g/mol. The van der Waals surface area contributed by atoms with E-state index in [9.17, 15) is 9.90 Å². The number of carbonyl (C=O) groups is 1. The van der Waals surface area contributed by atoms with Crippen molar-refractivity contribution in [2.75, 3.05) is 13.1 Å². The monoisotopic (exact) mass is 381 g/mol. The molecular formula is C21H20ClN3O2. The number of aromatic nitrogens is 2. The second kappa shape index (κ2) is 6.91. The van der Waals surface area contributed by atoms with Crippen LogP contribution in [0.2, 0.25) is 5.02 Å². The summed E-state index contributed by atoms with van der Waals surface area (Å²) in [5, 5.41) is 12.2. The molecule has 0 atom stereocenters. The molecule has 3 heterocycles. The Morgan fingerprint density at radius 3 is 2.63 bits per heavy atom. The summed E-state index contributed by atoms with van der Waals surface area (Å²) >= 11 is 6.35. The fourth-order valence-electron chi connectivity index (χ4n) is 3.58. The van der Waals surface area contributed by atoms with Crippen LogP contribution in [-0.4, -0.2) is 39.0 Å². The Kier molecular flexibility index (Phi) is 4.58. The van der Waals surface area contributed by atoms with Crippen molar-refractivity contribution in [2.24, 2.45) is 0 Å². The van der Waals surface area contributed by atoms with Gasteiger partial charge in [0, 0.05) is 30.9 Å². The smallest absolute Gasteiger partial charge is 0.256 e. The van der Waals surface area contributed by atoms with Gasteiger partial charge in [-0.2, -0.15) is 0 Å². The number of carbonyl (C=O) groups excluding carboxylic acids is 1. The lowest BCUT2D eigenvalue weighted by Gasteiger charge is -2.38. The molecule has 0 aliphatic carbocycles. The van der Waals surface area contributed by atoms with Crippen LogP contribution in [0.4, 0.5) is 0 Å². The predicted molar refractivity (Wildman–Crippen MR) is 105 cm³/mol. The van der Waals surface area contributed by atoms with Gasteiger partial charge in [-0.05, 0) is 49.6 Å². The van der Waals surface area contributed by atoms with Crippen molar-refractivity contribution in [1.82, 2.24) is 14.9 Å². The van der Waals surface area contributed by atoms with Gasteiger partial charge >= 0.3 is 0 Å². The molecule has 1 fully saturated rings. The molecule has 5 nitrogen and oxygen atoms in total. The first-order valence-electron chi connectivity index (χ1n) is 8.96. The lowest BCUT2D eigenvalue weighted by molar-refractivity contribution is -0.0243. The van der Waals surface area contributed by atoms with Crippen molar-refractivity contribution in [3.8, 4) is 0 Å². The number of aliphatic hydroxyl groups is 1. The van der Waals surface area contributed by atoms with Gasteiger partial charge in [0.25, 0.3) is 5.91 Å². The van der Waals surface area contributed by atoms with Crippen LogP contribution in [0, 0.1) is 6.92 Å². The highest BCUT2D eigenvalue weighted by Crippen LogP contribution is 2.33. The molecule has 1 N–H and O–H groups in total. The lowest BCUT2D eigenvalue weighted by Crippen LogP contribution is -2.45. The molecule has 138 valence electrons. The number of nitrogens with zero attached hydrogens (tertiary/aromatic N) is 3. The van der Waals surface area contributed by atoms with E-state index in [4.69, 9.17) is 11.6 Å². The zero-order valence-corrected chi connectivity index (χ0v) is 15.8. The van der Waals surface area contributed by atoms with E-state index in [-0.39, 0.29) is 5.91 Å². The van der Waals surface area contributed by atoms with Crippen LogP contribution in [-0.2, 0) is 5.60 Å². The van der Waals surface area contributed by atoms with Gasteiger partial charge in [-0.1, -0.05) is 23.7 Å². The summed E-state index contributed by atoms with van der Waals surface area (Å²) in [5.41, 5.74) is 1.92. The molecular weight excluding hydrogens is 362 g/mol. The lowest BCUT2D eigenvalue weighted by atomic mass is 9.87. The minimum absolute atomic E-state index is 0.127. The van der Waals surface area contributed by atoms with Crippen molar-refractivity contribution in [3.05, 3.63) is 70.6 Å². The molecule has 0 bridgehead atoms. The summed E-state index contributed by atoms with van der Waals surface area (Å²) in [6, 6.07) is 11.0. The molecule has 0 saturated carbocycles. The van der Waals surface area contributed by atoms with E-state index < -0.39 is 5.60 Å². The van der Waals surface area contributed by atoms with Crippen LogP contribution in [0.3, 0.4) is 0 Å². The minimum atomic E-state index is -1.01. The third kappa shape index (κ3) is 3.29. The van der Waals surface area contributed by atoms with Crippen molar-refractivity contribution >= 4 is 28.4 Å². The highest BCUT2D eigenvalue weighted by atomic mass is 35.5. The van der Waals surface area contributed by atoms with Gasteiger partial charge in [-0.25, -0.2) is 0 Å². The van der Waals surface area contributed by atoms with Crippen molar-refractivity contribution < 1.29 is 9.90 Å². The van der Waals surface area contributed by atoms with Gasteiger partial charge in [0.05, 0.1) is 21.8 Å². The summed E-state index contributed by atoms with van der Waals surface area (Å²) in [6.07, 6.45) is 4.33. The first-order chi connectivity index (χ1) is 13.0. The first-order valence-corrected chi connectivity index (χ1v) is 9.34. The van der Waals surface area contributed by atoms with Crippen LogP contribution in [0.25, 0.3) is 10.9 Å². The molecule has 0 radical (unpaired) electrons. The number of likely N-dealkylation sites (tertiary alicyclic amines) is 1. The van der Waals surface area contributed by atoms with Gasteiger partial charge in [0.1, 0.15) is 5.60 Å². The molecule has 1 saturated heterocycles. The van der Waals surface area contributed by atoms with Gasteiger partial charge < -0.3 is 10.0 Å². The van der Waals surface area contributed by atoms with Crippen LogP contribution in [0.1, 0.15) is 34.5 Å². The number of amides is 1. The SMILES string of the molecule is Cc1ccc(C2(O)CCN(C(=O)c3c(Cl)ccc4ncccc34)CC2)nc1. The number of aryl methyl sites for hydroxylation is 1. The van der Waals surface area contributed by atoms with E-state index in [1.807, 2.05) is 31.2 Å². The van der Waals surface area contributed by atoms with Crippen molar-refractivity contribution in [2.45, 2.75) is 25.4 Å². The zero-order chi connectivity index (χ0) is 19.0. The Hall–Kier alpha value is -2.50. The number of pyridine rings is 2. The third-order valence-corrected chi connectivity index (χ3v) is 5.53. The Labute approximate surface area is 162 Å². The summed E-state index contributed by atoms with van der Waals surface area (Å²) in [6.45, 7) is 2.85. The maximum Gasteiger partial charge on any atom is 0.256 e. The number of benzene rings is 1. The Balaban J connectivity index is 1.58. The van der Waals surface area contributed by atoms with Gasteiger partial charge in [0.2, 0.25) is 0 Å². The number of halogens is 1. The number of rotatable bonds is 2. The number of piperidine rings is 1. The van der Waals surface area contributed by atoms with E-state index in [1.54, 1.807) is 29.4 Å². The highest BCUT2D eigenvalue weighted by molar-refractivity contribution is 6.35. The largest absolute Gasteiger partial charge is 0.383 e. The van der Waals surface area contributed by atoms with Gasteiger partial charge in [-0.3, -0.25) is 14.8 Å². The third-order valence-electron chi connectivity index (χ3n) is 5.21. The minimum Gasteiger partial charge on any atom is -0.383 e. The molecule has 3 aromatic rings. The van der Waals surface area contributed by atoms with Crippen LogP contribution < -0.4 is 0 Å². The Bertz CT molecular complexity index is 996. The Morgan fingerprint density at radius 1 is 1.15 bits per heavy atom. The van der Waals surface area contributed by atoms with E-state index in [1.165, 1.54) is 0 Å². The molecule has 1 aliphatic heterocycles. The fraction of sp³-hybridized carbons (Fsp3) is 0.286. The van der Waals surface area contributed by atoms with E-state index >= 15 is 0 Å². The fourth-order valence-corrected chi connectivity index (χ4v) is 3.83. The molecule has 27 heavy (non-hydrogen) atoms. The van der Waals surface area contributed by atoms with E-state index in [0.29, 0.717) is 42.2 Å². The first kappa shape index (κ1) is 17.9. The van der Waals surface area contributed by atoms with Gasteiger partial charge in [-0.15, -0.1) is 0 Å². The standard InChI is InChI=1S/C21H20ClN3O2/c1-14-4-7-18(24-13-14)21(27)8-11-25(12-9-21)20(26)19-15-3-2-10-23-17(15)6-5-16(19)22/h2-7,10,13,27H,8-9,11-12H2,1H3. The molecule has 1 aliphatic rings. The number of hydrogen-bond acceptors (Lipinski definition) is 4. The molecule has 6 heteroatoms. The maximum atomic E-state index is 13.1. The Morgan fingerprint density at radius 2 is 1.93 bits per heavy atom. The van der Waals surface area contributed by atoms with E-state index in [0.717, 1.165) is 16.5 Å². The number of fused-ring (bicyclic) bond motifs is 1. The molecule has 2 aromatic heterocycles. The average Bonchev–Trinajstić information content (AvgIpc) is 2.68. The summed E-state index contributed by atoms with van der Waals surface area (Å²) in [4.78, 5) is 23.6. The van der Waals surface area contributed by atoms with Crippen LogP contribution >= 0.6 is 11.6 Å². The van der Waals surface area contributed by atoms with E-state index in [2.05, 4.69) is 9.97 Å². The normalized spacial score (nSPS) is 16.5. The van der Waals surface area contributed by atoms with Crippen LogP contribution in [0.5, 0.6) is 0 Å². The van der Waals surface area contributed by atoms with Crippen molar-refractivity contribution in [3.63, 3.8) is 0 Å². The maximum absolute atomic E-state index is 13.1. The zero-order valence-electron chi connectivity index (χ0n) is 15.0. The topological polar surface area (TPSA) is 66.3 Å². The van der Waals surface area contributed by atoms with Crippen LogP contribution in [0.15, 0.2) is 48.8 Å². The molecule has 1 amide bonds. The number of hydrogen-bond donors (Lipinski definition) is 1. The summed E-state index contributed by atoms with van der Waals surface area (Å²) in [5.74, 6) is -0.127. The molecule has 4 rings (SSSR count). The molecule has 0 unspecified atom stereocenters.